The summed E-state index contributed by atoms with van der Waals surface area (Å²) in [5.74, 6) is 0.967. The van der Waals surface area contributed by atoms with E-state index in [4.69, 9.17) is 54.9 Å². The maximum atomic E-state index is 12.3. The maximum absolute atomic E-state index is 12.3. The molecule has 4 N–H and O–H groups in total. The fourth-order valence-corrected chi connectivity index (χ4v) is 9.05. The van der Waals surface area contributed by atoms with Crippen LogP contribution in [-0.2, 0) is 6.42 Å². The van der Waals surface area contributed by atoms with Gasteiger partial charge in [0.05, 0.1) is 76.3 Å². The number of allylic oxidation sites excluding steroid dienone is 1. The lowest BCUT2D eigenvalue weighted by Gasteiger charge is -2.76. The van der Waals surface area contributed by atoms with Crippen LogP contribution in [0.25, 0.3) is 17.0 Å². The van der Waals surface area contributed by atoms with Crippen molar-refractivity contribution in [2.45, 2.75) is 72.7 Å². The number of hydrogen-bond acceptors (Lipinski definition) is 8. The third-order valence-electron chi connectivity index (χ3n) is 12.3. The van der Waals surface area contributed by atoms with Crippen molar-refractivity contribution < 1.29 is 5.11 Å². The Morgan fingerprint density at radius 1 is 0.964 bits per heavy atom. The standard InChI is InChI=1S/C39H45B7N8O/c1-23-18-27(19-30-22-47-50-35(23)30)20-34(49-26(4)52-16-10-28(11-17-52)32-21-29-8-6-7-9-33(29)48-24(32)2)25(3)53-36(40,41)37(42,43)54(38(44,45)39(53,46)55)31-12-14-51(5)15-13-31/h6-9,18-19,21-22,28,31,34,48-49,55H,2-4,10-17,20H2,1,5H3,(H,47,50). The topological polar surface area (TPSA) is 85.9 Å². The number of anilines is 1. The number of piperazine rings is 1. The number of para-hydroxylation sites is 1. The molecule has 2 aromatic carbocycles. The van der Waals surface area contributed by atoms with Gasteiger partial charge in [-0.2, -0.15) is 5.10 Å². The Labute approximate surface area is 335 Å². The SMILES string of the molecule is [B]C1([B])N(C2CCN(C)CC2)C([B])([B])C([B])(O)N(C(=C)C(Cc2cc(C)c3[nH]ncc3c2)NC(=C)N2CCC(C3=Cc4ccccc4NC3=C)CC2)C1([B])[B]. The molecule has 4 aliphatic heterocycles. The molecule has 1 aromatic heterocycles. The van der Waals surface area contributed by atoms with Crippen molar-refractivity contribution in [3.63, 3.8) is 0 Å². The first-order valence-corrected chi connectivity index (χ1v) is 19.0. The zero-order valence-electron chi connectivity index (χ0n) is 32.1. The van der Waals surface area contributed by atoms with Crippen LogP contribution in [0.15, 0.2) is 85.1 Å². The van der Waals surface area contributed by atoms with Crippen LogP contribution in [-0.4, -0.2) is 157 Å². The van der Waals surface area contributed by atoms with E-state index in [9.17, 15) is 5.11 Å². The summed E-state index contributed by atoms with van der Waals surface area (Å²) >= 11 is 0. The Bertz CT molecular complexity index is 1990. The summed E-state index contributed by atoms with van der Waals surface area (Å²) in [6.07, 6.45) is 7.34. The number of nitrogens with zero attached hydrogens (tertiary/aromatic N) is 5. The van der Waals surface area contributed by atoms with Gasteiger partial charge in [0.15, 0.2) is 0 Å². The van der Waals surface area contributed by atoms with Gasteiger partial charge < -0.3 is 35.3 Å². The normalized spacial score (nSPS) is 25.1. The number of aryl methyl sites for hydroxylation is 1. The molecule has 268 valence electrons. The summed E-state index contributed by atoms with van der Waals surface area (Å²) < 4.78 is 0. The van der Waals surface area contributed by atoms with Crippen molar-refractivity contribution in [3.05, 3.63) is 102 Å². The highest BCUT2D eigenvalue weighted by Gasteiger charge is 2.63. The van der Waals surface area contributed by atoms with Gasteiger partial charge >= 0.3 is 0 Å². The summed E-state index contributed by atoms with van der Waals surface area (Å²) in [6.45, 7) is 18.1. The van der Waals surface area contributed by atoms with Crippen LogP contribution in [0, 0.1) is 12.8 Å². The summed E-state index contributed by atoms with van der Waals surface area (Å²) in [6, 6.07) is 11.3. The Morgan fingerprint density at radius 2 is 1.64 bits per heavy atom. The van der Waals surface area contributed by atoms with Crippen molar-refractivity contribution in [1.82, 2.24) is 35.1 Å². The van der Waals surface area contributed by atoms with E-state index in [0.29, 0.717) is 31.0 Å². The minimum atomic E-state index is -2.59. The monoisotopic (exact) mass is 718 g/mol. The van der Waals surface area contributed by atoms with Gasteiger partial charge in [-0.05, 0) is 122 Å². The van der Waals surface area contributed by atoms with E-state index in [1.807, 2.05) is 32.2 Å². The van der Waals surface area contributed by atoms with Crippen LogP contribution >= 0.6 is 0 Å². The molecule has 0 saturated carbocycles. The van der Waals surface area contributed by atoms with Gasteiger partial charge in [0.2, 0.25) is 0 Å². The van der Waals surface area contributed by atoms with Crippen molar-refractivity contribution in [3.8, 4) is 0 Å². The van der Waals surface area contributed by atoms with Crippen LogP contribution in [0.4, 0.5) is 5.69 Å². The number of benzene rings is 2. The molecular formula is C39H45B7N8O. The van der Waals surface area contributed by atoms with Gasteiger partial charge in [0.25, 0.3) is 0 Å². The highest BCUT2D eigenvalue weighted by atomic mass is 16.3. The minimum absolute atomic E-state index is 0.174. The van der Waals surface area contributed by atoms with E-state index in [0.717, 1.165) is 82.9 Å². The molecule has 3 saturated heterocycles. The summed E-state index contributed by atoms with van der Waals surface area (Å²) in [5.41, 5.74) is 4.83. The molecular weight excluding hydrogens is 672 g/mol. The second kappa shape index (κ2) is 14.4. The molecule has 3 aromatic rings. The van der Waals surface area contributed by atoms with E-state index in [1.165, 1.54) is 10.5 Å². The van der Waals surface area contributed by atoms with E-state index in [2.05, 4.69) is 74.6 Å². The molecule has 3 fully saturated rings. The lowest BCUT2D eigenvalue weighted by Crippen LogP contribution is -2.92. The molecule has 55 heavy (non-hydrogen) atoms. The van der Waals surface area contributed by atoms with E-state index in [-0.39, 0.29) is 11.7 Å². The van der Waals surface area contributed by atoms with Crippen LogP contribution in [0.1, 0.15) is 42.4 Å². The minimum Gasteiger partial charge on any atom is -0.380 e. The number of aromatic amines is 1. The van der Waals surface area contributed by atoms with Gasteiger partial charge in [-0.15, -0.1) is 0 Å². The Balaban J connectivity index is 1.17. The molecule has 0 aliphatic carbocycles. The third kappa shape index (κ3) is 6.84. The second-order valence-electron chi connectivity index (χ2n) is 16.1. The van der Waals surface area contributed by atoms with E-state index in [1.54, 1.807) is 6.20 Å². The van der Waals surface area contributed by atoms with Gasteiger partial charge in [0.1, 0.15) is 7.85 Å². The second-order valence-corrected chi connectivity index (χ2v) is 16.1. The predicted molar refractivity (Wildman–Crippen MR) is 229 cm³/mol. The first kappa shape index (κ1) is 39.6. The fourth-order valence-electron chi connectivity index (χ4n) is 9.05. The van der Waals surface area contributed by atoms with Gasteiger partial charge in [0, 0.05) is 41.6 Å². The number of nitrogens with one attached hydrogen (secondary N) is 3. The average Bonchev–Trinajstić information content (AvgIpc) is 3.60. The first-order chi connectivity index (χ1) is 25.8. The quantitative estimate of drug-likeness (QED) is 0.249. The number of fused-ring (bicyclic) bond motifs is 2. The third-order valence-corrected chi connectivity index (χ3v) is 12.3. The molecule has 0 spiro atoms. The van der Waals surface area contributed by atoms with Crippen molar-refractivity contribution in [2.75, 3.05) is 38.5 Å². The van der Waals surface area contributed by atoms with E-state index >= 15 is 0 Å². The lowest BCUT2D eigenvalue weighted by atomic mass is 9.30. The number of H-pyrrole nitrogens is 1. The van der Waals surface area contributed by atoms with Crippen molar-refractivity contribution in [2.24, 2.45) is 5.92 Å². The van der Waals surface area contributed by atoms with Crippen LogP contribution < -0.4 is 10.6 Å². The Morgan fingerprint density at radius 3 is 2.33 bits per heavy atom. The lowest BCUT2D eigenvalue weighted by molar-refractivity contribution is -0.160. The molecule has 2 atom stereocenters. The summed E-state index contributed by atoms with van der Waals surface area (Å²) in [7, 11) is 50.2. The molecule has 0 amide bonds. The molecule has 0 bridgehead atoms. The Kier molecular flexibility index (Phi) is 10.4. The number of hydrogen-bond donors (Lipinski definition) is 4. The number of rotatable bonds is 9. The zero-order valence-corrected chi connectivity index (χ0v) is 32.1. The molecule has 14 radical (unpaired) electrons. The summed E-state index contributed by atoms with van der Waals surface area (Å²) in [5, 5.41) is 21.1. The zero-order chi connectivity index (χ0) is 39.7. The highest BCUT2D eigenvalue weighted by Crippen LogP contribution is 2.47. The fraction of sp³-hybridized carbons (Fsp3) is 0.462. The number of aromatic nitrogens is 2. The molecule has 7 rings (SSSR count). The molecule has 16 heteroatoms. The van der Waals surface area contributed by atoms with Gasteiger partial charge in [-0.25, -0.2) is 0 Å². The predicted octanol–water partition coefficient (Wildman–Crippen LogP) is 1.59. The molecule has 4 aliphatic rings. The van der Waals surface area contributed by atoms with Gasteiger partial charge in [-0.3, -0.25) is 5.10 Å². The van der Waals surface area contributed by atoms with E-state index < -0.39 is 27.7 Å². The molecule has 5 heterocycles. The van der Waals surface area contributed by atoms with Crippen LogP contribution in [0.2, 0.25) is 0 Å². The van der Waals surface area contributed by atoms with Crippen molar-refractivity contribution in [1.29, 1.82) is 0 Å². The van der Waals surface area contributed by atoms with Crippen LogP contribution in [0.3, 0.4) is 0 Å². The number of likely N-dealkylation sites (tertiary alicyclic amines) is 2. The molecule has 9 nitrogen and oxygen atoms in total. The summed E-state index contributed by atoms with van der Waals surface area (Å²) in [4.78, 5) is 6.85. The molecule has 2 unspecified atom stereocenters. The van der Waals surface area contributed by atoms with Crippen molar-refractivity contribution >= 4 is 77.6 Å². The van der Waals surface area contributed by atoms with Gasteiger partial charge in [-0.1, -0.05) is 44.0 Å². The first-order valence-electron chi connectivity index (χ1n) is 19.0. The maximum Gasteiger partial charge on any atom is 0.144 e. The smallest absolute Gasteiger partial charge is 0.144 e. The van der Waals surface area contributed by atoms with Crippen LogP contribution in [0.5, 0.6) is 0 Å². The number of aliphatic hydroxyl groups is 1. The highest BCUT2D eigenvalue weighted by molar-refractivity contribution is 6.56. The number of piperidine rings is 2. The Hall–Kier alpha value is -3.60. The average molecular weight is 718 g/mol. The largest absolute Gasteiger partial charge is 0.380 e.